The van der Waals surface area contributed by atoms with E-state index in [1.165, 1.54) is 10.4 Å². The number of anilines is 2. The largest absolute Gasteiger partial charge is 0.497 e. The number of rotatable bonds is 7. The minimum Gasteiger partial charge on any atom is -0.497 e. The molecule has 31 heavy (non-hydrogen) atoms. The number of hydrogen-bond donors (Lipinski definition) is 2. The van der Waals surface area contributed by atoms with Gasteiger partial charge in [0.05, 0.1) is 12.9 Å². The van der Waals surface area contributed by atoms with E-state index >= 15 is 0 Å². The number of carbonyl (C=O) groups is 1. The standard InChI is InChI=1S/C20H24F2N4O4S/c1-30-16-7-5-15(6-8-16)25-10-12-26(13-11-25)31(28,29)14-9-23-20(27)24-19-17(21)3-2-4-18(19)22/h2-8H,9-14H2,1H3,(H2,23,24,27). The molecule has 2 aromatic carbocycles. The minimum absolute atomic E-state index is 0.192. The Bertz CT molecular complexity index is 990. The molecule has 0 aliphatic carbocycles. The van der Waals surface area contributed by atoms with E-state index in [4.69, 9.17) is 4.74 Å². The van der Waals surface area contributed by atoms with Gasteiger partial charge in [0, 0.05) is 38.4 Å². The molecule has 1 saturated heterocycles. The third-order valence-corrected chi connectivity index (χ3v) is 6.79. The van der Waals surface area contributed by atoms with Gasteiger partial charge in [0.25, 0.3) is 0 Å². The Balaban J connectivity index is 1.46. The van der Waals surface area contributed by atoms with E-state index in [0.29, 0.717) is 26.2 Å². The molecular formula is C20H24F2N4O4S. The summed E-state index contributed by atoms with van der Waals surface area (Å²) < 4.78 is 58.8. The normalized spacial score (nSPS) is 14.9. The SMILES string of the molecule is COc1ccc(N2CCN(S(=O)(=O)CCNC(=O)Nc3c(F)cccc3F)CC2)cc1. The molecule has 11 heteroatoms. The summed E-state index contributed by atoms with van der Waals surface area (Å²) in [5.74, 6) is -1.41. The number of hydrogen-bond acceptors (Lipinski definition) is 5. The maximum absolute atomic E-state index is 13.6. The Labute approximate surface area is 179 Å². The second-order valence-corrected chi connectivity index (χ2v) is 8.97. The van der Waals surface area contributed by atoms with E-state index in [1.54, 1.807) is 7.11 Å². The summed E-state index contributed by atoms with van der Waals surface area (Å²) in [7, 11) is -2.00. The molecule has 0 saturated carbocycles. The average Bonchev–Trinajstić information content (AvgIpc) is 2.76. The third-order valence-electron chi connectivity index (χ3n) is 4.92. The van der Waals surface area contributed by atoms with Gasteiger partial charge in [0.1, 0.15) is 23.1 Å². The fourth-order valence-corrected chi connectivity index (χ4v) is 4.55. The Morgan fingerprint density at radius 1 is 1.03 bits per heavy atom. The number of para-hydroxylation sites is 1. The molecule has 0 bridgehead atoms. The number of benzene rings is 2. The van der Waals surface area contributed by atoms with E-state index in [2.05, 4.69) is 15.5 Å². The Morgan fingerprint density at radius 3 is 2.23 bits per heavy atom. The second-order valence-electron chi connectivity index (χ2n) is 6.88. The van der Waals surface area contributed by atoms with Crippen molar-refractivity contribution >= 4 is 27.4 Å². The number of piperazine rings is 1. The monoisotopic (exact) mass is 454 g/mol. The van der Waals surface area contributed by atoms with Gasteiger partial charge in [-0.2, -0.15) is 4.31 Å². The molecule has 0 spiro atoms. The van der Waals surface area contributed by atoms with Gasteiger partial charge < -0.3 is 20.3 Å². The predicted molar refractivity (Wildman–Crippen MR) is 114 cm³/mol. The van der Waals surface area contributed by atoms with E-state index in [1.807, 2.05) is 24.3 Å². The molecule has 0 atom stereocenters. The zero-order valence-corrected chi connectivity index (χ0v) is 17.8. The summed E-state index contributed by atoms with van der Waals surface area (Å²) in [4.78, 5) is 13.9. The molecular weight excluding hydrogens is 430 g/mol. The lowest BCUT2D eigenvalue weighted by Gasteiger charge is -2.35. The highest BCUT2D eigenvalue weighted by atomic mass is 32.2. The van der Waals surface area contributed by atoms with Crippen molar-refractivity contribution in [1.29, 1.82) is 0 Å². The van der Waals surface area contributed by atoms with Crippen molar-refractivity contribution < 1.29 is 26.7 Å². The van der Waals surface area contributed by atoms with Gasteiger partial charge in [-0.1, -0.05) is 6.07 Å². The van der Waals surface area contributed by atoms with Crippen LogP contribution in [0.4, 0.5) is 25.0 Å². The molecule has 1 aliphatic heterocycles. The fourth-order valence-electron chi connectivity index (χ4n) is 3.22. The summed E-state index contributed by atoms with van der Waals surface area (Å²) in [6.45, 7) is 1.52. The van der Waals surface area contributed by atoms with Crippen molar-refractivity contribution in [3.05, 3.63) is 54.1 Å². The van der Waals surface area contributed by atoms with Crippen molar-refractivity contribution in [1.82, 2.24) is 9.62 Å². The number of nitrogens with one attached hydrogen (secondary N) is 2. The van der Waals surface area contributed by atoms with Gasteiger partial charge in [-0.3, -0.25) is 0 Å². The van der Waals surface area contributed by atoms with Crippen LogP contribution >= 0.6 is 0 Å². The Kier molecular flexibility index (Phi) is 7.29. The van der Waals surface area contributed by atoms with E-state index in [-0.39, 0.29) is 12.3 Å². The van der Waals surface area contributed by atoms with Crippen LogP contribution in [-0.2, 0) is 10.0 Å². The van der Waals surface area contributed by atoms with Crippen LogP contribution in [0, 0.1) is 11.6 Å². The highest BCUT2D eigenvalue weighted by Crippen LogP contribution is 2.21. The van der Waals surface area contributed by atoms with Crippen LogP contribution in [-0.4, -0.2) is 64.3 Å². The number of ether oxygens (including phenoxy) is 1. The number of amides is 2. The molecule has 0 aromatic heterocycles. The van der Waals surface area contributed by atoms with Crippen LogP contribution in [0.1, 0.15) is 0 Å². The lowest BCUT2D eigenvalue weighted by atomic mass is 10.2. The summed E-state index contributed by atoms with van der Waals surface area (Å²) in [5.41, 5.74) is 0.397. The van der Waals surface area contributed by atoms with Crippen LogP contribution < -0.4 is 20.3 Å². The van der Waals surface area contributed by atoms with Gasteiger partial charge in [0.2, 0.25) is 10.0 Å². The highest BCUT2D eigenvalue weighted by Gasteiger charge is 2.27. The zero-order valence-electron chi connectivity index (χ0n) is 17.0. The van der Waals surface area contributed by atoms with E-state index < -0.39 is 33.4 Å². The molecule has 0 unspecified atom stereocenters. The van der Waals surface area contributed by atoms with Crippen molar-refractivity contribution in [2.75, 3.05) is 55.8 Å². The maximum atomic E-state index is 13.6. The first-order chi connectivity index (χ1) is 14.8. The smallest absolute Gasteiger partial charge is 0.319 e. The zero-order chi connectivity index (χ0) is 22.4. The van der Waals surface area contributed by atoms with Gasteiger partial charge in [-0.25, -0.2) is 22.0 Å². The highest BCUT2D eigenvalue weighted by molar-refractivity contribution is 7.89. The molecule has 1 aliphatic rings. The van der Waals surface area contributed by atoms with Crippen LogP contribution in [0.25, 0.3) is 0 Å². The Hall–Kier alpha value is -2.92. The fraction of sp³-hybridized carbons (Fsp3) is 0.350. The summed E-state index contributed by atoms with van der Waals surface area (Å²) >= 11 is 0. The number of carbonyl (C=O) groups excluding carboxylic acids is 1. The number of urea groups is 1. The molecule has 3 rings (SSSR count). The molecule has 2 amide bonds. The molecule has 1 fully saturated rings. The number of halogens is 2. The number of sulfonamides is 1. The van der Waals surface area contributed by atoms with Gasteiger partial charge in [-0.15, -0.1) is 0 Å². The Morgan fingerprint density at radius 2 is 1.65 bits per heavy atom. The summed E-state index contributed by atoms with van der Waals surface area (Å²) in [6, 6.07) is 9.85. The first-order valence-electron chi connectivity index (χ1n) is 9.66. The van der Waals surface area contributed by atoms with Crippen molar-refractivity contribution in [3.8, 4) is 5.75 Å². The summed E-state index contributed by atoms with van der Waals surface area (Å²) in [5, 5.41) is 4.37. The second kappa shape index (κ2) is 9.92. The van der Waals surface area contributed by atoms with Crippen molar-refractivity contribution in [3.63, 3.8) is 0 Å². The van der Waals surface area contributed by atoms with Gasteiger partial charge in [-0.05, 0) is 36.4 Å². The van der Waals surface area contributed by atoms with Crippen LogP contribution in [0.3, 0.4) is 0 Å². The lowest BCUT2D eigenvalue weighted by Crippen LogP contribution is -2.50. The minimum atomic E-state index is -3.59. The topological polar surface area (TPSA) is 91.0 Å². The van der Waals surface area contributed by atoms with Crippen molar-refractivity contribution in [2.45, 2.75) is 0 Å². The van der Waals surface area contributed by atoms with Crippen LogP contribution in [0.15, 0.2) is 42.5 Å². The molecule has 168 valence electrons. The van der Waals surface area contributed by atoms with E-state index in [0.717, 1.165) is 23.6 Å². The number of methoxy groups -OCH3 is 1. The molecule has 2 N–H and O–H groups in total. The summed E-state index contributed by atoms with van der Waals surface area (Å²) in [6.07, 6.45) is 0. The lowest BCUT2D eigenvalue weighted by molar-refractivity contribution is 0.252. The van der Waals surface area contributed by atoms with Gasteiger partial charge in [0.15, 0.2) is 0 Å². The van der Waals surface area contributed by atoms with Crippen LogP contribution in [0.5, 0.6) is 5.75 Å². The quantitative estimate of drug-likeness (QED) is 0.670. The molecule has 8 nitrogen and oxygen atoms in total. The maximum Gasteiger partial charge on any atom is 0.319 e. The predicted octanol–water partition coefficient (Wildman–Crippen LogP) is 2.25. The first-order valence-corrected chi connectivity index (χ1v) is 11.3. The number of nitrogens with zero attached hydrogens (tertiary/aromatic N) is 2. The third kappa shape index (κ3) is 5.82. The van der Waals surface area contributed by atoms with E-state index in [9.17, 15) is 22.0 Å². The van der Waals surface area contributed by atoms with Crippen molar-refractivity contribution in [2.24, 2.45) is 0 Å². The van der Waals surface area contributed by atoms with Gasteiger partial charge >= 0.3 is 6.03 Å². The first kappa shape index (κ1) is 22.8. The van der Waals surface area contributed by atoms with Crippen LogP contribution in [0.2, 0.25) is 0 Å². The average molecular weight is 454 g/mol. The molecule has 0 radical (unpaired) electrons. The molecule has 2 aromatic rings. The molecule has 1 heterocycles.